The lowest BCUT2D eigenvalue weighted by molar-refractivity contribution is -0.137. The summed E-state index contributed by atoms with van der Waals surface area (Å²) in [6.45, 7) is 3.02. The fourth-order valence-corrected chi connectivity index (χ4v) is 3.88. The maximum Gasteiger partial charge on any atom is 0.262 e. The third kappa shape index (κ3) is 4.72. The maximum absolute atomic E-state index is 13.8. The molecule has 2 aliphatic rings. The molecule has 8 heteroatoms. The lowest BCUT2D eigenvalue weighted by Crippen LogP contribution is -2.47. The van der Waals surface area contributed by atoms with Gasteiger partial charge in [-0.1, -0.05) is 42.5 Å². The minimum atomic E-state index is -1.07. The van der Waals surface area contributed by atoms with Crippen molar-refractivity contribution in [1.29, 1.82) is 0 Å². The first-order chi connectivity index (χ1) is 15.7. The van der Waals surface area contributed by atoms with Crippen LogP contribution in [0.15, 0.2) is 54.6 Å². The molecule has 2 heterocycles. The van der Waals surface area contributed by atoms with Gasteiger partial charge in [0, 0.05) is 13.1 Å². The van der Waals surface area contributed by atoms with Crippen molar-refractivity contribution in [2.45, 2.75) is 6.04 Å². The van der Waals surface area contributed by atoms with Crippen molar-refractivity contribution in [3.63, 3.8) is 0 Å². The molecule has 2 aromatic carbocycles. The summed E-state index contributed by atoms with van der Waals surface area (Å²) in [4.78, 5) is 42.8. The quantitative estimate of drug-likeness (QED) is 0.681. The van der Waals surface area contributed by atoms with Gasteiger partial charge in [0.05, 0.1) is 50.8 Å². The molecule has 32 heavy (non-hydrogen) atoms. The van der Waals surface area contributed by atoms with Crippen molar-refractivity contribution in [1.82, 2.24) is 9.80 Å². The number of carbonyl (C=O) groups is 3. The van der Waals surface area contributed by atoms with Crippen LogP contribution < -0.4 is 0 Å². The lowest BCUT2D eigenvalue weighted by atomic mass is 10.0. The number of amides is 3. The van der Waals surface area contributed by atoms with E-state index in [1.54, 1.807) is 53.4 Å². The van der Waals surface area contributed by atoms with Crippen LogP contribution in [0.5, 0.6) is 0 Å². The molecule has 0 N–H and O–H groups in total. The predicted octanol–water partition coefficient (Wildman–Crippen LogP) is 1.92. The second-order valence-electron chi connectivity index (χ2n) is 7.50. The number of carbonyl (C=O) groups excluding carboxylic acids is 3. The minimum absolute atomic E-state index is 0.312. The Morgan fingerprint density at radius 3 is 1.69 bits per heavy atom. The molecule has 0 radical (unpaired) electrons. The van der Waals surface area contributed by atoms with Gasteiger partial charge in [0.25, 0.3) is 17.7 Å². The molecule has 3 amide bonds. The summed E-state index contributed by atoms with van der Waals surface area (Å²) < 4.78 is 16.6. The monoisotopic (exact) mass is 438 g/mol. The molecule has 0 aliphatic carbocycles. The predicted molar refractivity (Wildman–Crippen MR) is 115 cm³/mol. The zero-order valence-electron chi connectivity index (χ0n) is 17.8. The number of rotatable bonds is 3. The number of fused-ring (bicyclic) bond motifs is 1. The number of nitrogens with zero attached hydrogens (tertiary/aromatic N) is 2. The van der Waals surface area contributed by atoms with Crippen LogP contribution in [0.25, 0.3) is 0 Å². The number of hydrogen-bond acceptors (Lipinski definition) is 6. The highest BCUT2D eigenvalue weighted by molar-refractivity contribution is 6.22. The standard InChI is InChI=1S/C24H26N2O6/c27-22-19-8-4-5-9-20(19)23(28)26(22)21(18-6-2-1-3-7-18)24(29)25-10-12-30-14-16-32-17-15-31-13-11-25/h1-9,21H,10-17H2. The average Bonchev–Trinajstić information content (AvgIpc) is 3.06. The van der Waals surface area contributed by atoms with Gasteiger partial charge in [-0.05, 0) is 17.7 Å². The molecule has 2 aromatic rings. The lowest BCUT2D eigenvalue weighted by Gasteiger charge is -2.32. The molecule has 0 aromatic heterocycles. The van der Waals surface area contributed by atoms with Crippen molar-refractivity contribution in [2.24, 2.45) is 0 Å². The Bertz CT molecular complexity index is 917. The van der Waals surface area contributed by atoms with Crippen LogP contribution in [0.2, 0.25) is 0 Å². The van der Waals surface area contributed by atoms with Gasteiger partial charge < -0.3 is 19.1 Å². The third-order valence-corrected chi connectivity index (χ3v) is 5.50. The highest BCUT2D eigenvalue weighted by Gasteiger charge is 2.44. The van der Waals surface area contributed by atoms with E-state index in [2.05, 4.69) is 0 Å². The highest BCUT2D eigenvalue weighted by atomic mass is 16.5. The minimum Gasteiger partial charge on any atom is -0.377 e. The van der Waals surface area contributed by atoms with E-state index in [9.17, 15) is 14.4 Å². The summed E-state index contributed by atoms with van der Waals surface area (Å²) in [6, 6.07) is 14.5. The van der Waals surface area contributed by atoms with Crippen molar-refractivity contribution >= 4 is 17.7 Å². The highest BCUT2D eigenvalue weighted by Crippen LogP contribution is 2.32. The smallest absolute Gasteiger partial charge is 0.262 e. The van der Waals surface area contributed by atoms with E-state index in [1.807, 2.05) is 6.07 Å². The number of benzene rings is 2. The van der Waals surface area contributed by atoms with Crippen molar-refractivity contribution < 1.29 is 28.6 Å². The van der Waals surface area contributed by atoms with Gasteiger partial charge in [-0.25, -0.2) is 0 Å². The van der Waals surface area contributed by atoms with E-state index in [-0.39, 0.29) is 5.91 Å². The van der Waals surface area contributed by atoms with Gasteiger partial charge in [0.1, 0.15) is 6.04 Å². The molecule has 2 aliphatic heterocycles. The normalized spacial score (nSPS) is 19.1. The number of imide groups is 1. The van der Waals surface area contributed by atoms with E-state index in [0.29, 0.717) is 69.4 Å². The van der Waals surface area contributed by atoms with Crippen molar-refractivity contribution in [2.75, 3.05) is 52.7 Å². The fourth-order valence-electron chi connectivity index (χ4n) is 3.88. The first-order valence-electron chi connectivity index (χ1n) is 10.7. The molecule has 8 nitrogen and oxygen atoms in total. The Balaban J connectivity index is 1.63. The Morgan fingerprint density at radius 2 is 1.16 bits per heavy atom. The number of ether oxygens (including phenoxy) is 3. The number of hydrogen-bond donors (Lipinski definition) is 0. The maximum atomic E-state index is 13.8. The summed E-state index contributed by atoms with van der Waals surface area (Å²) in [6.07, 6.45) is 0. The van der Waals surface area contributed by atoms with Crippen molar-refractivity contribution in [3.05, 3.63) is 71.3 Å². The fraction of sp³-hybridized carbons (Fsp3) is 0.375. The van der Waals surface area contributed by atoms with Gasteiger partial charge in [0.15, 0.2) is 0 Å². The average molecular weight is 438 g/mol. The topological polar surface area (TPSA) is 85.4 Å². The first kappa shape index (κ1) is 22.1. The third-order valence-electron chi connectivity index (χ3n) is 5.50. The molecule has 0 bridgehead atoms. The SMILES string of the molecule is O=C(C(c1ccccc1)N1C(=O)c2ccccc2C1=O)N1CCOCCOCCOCC1. The van der Waals surface area contributed by atoms with Crippen LogP contribution in [-0.2, 0) is 19.0 Å². The zero-order chi connectivity index (χ0) is 22.3. The van der Waals surface area contributed by atoms with E-state index in [0.717, 1.165) is 4.90 Å². The molecule has 168 valence electrons. The molecular weight excluding hydrogens is 412 g/mol. The van der Waals surface area contributed by atoms with Gasteiger partial charge in [0.2, 0.25) is 0 Å². The Kier molecular flexibility index (Phi) is 7.26. The summed E-state index contributed by atoms with van der Waals surface area (Å²) in [7, 11) is 0. The summed E-state index contributed by atoms with van der Waals surface area (Å²) in [5, 5.41) is 0. The molecule has 1 atom stereocenters. The summed E-state index contributed by atoms with van der Waals surface area (Å²) >= 11 is 0. The second kappa shape index (κ2) is 10.5. The largest absolute Gasteiger partial charge is 0.377 e. The van der Waals surface area contributed by atoms with Crippen LogP contribution >= 0.6 is 0 Å². The molecule has 1 saturated heterocycles. The summed E-state index contributed by atoms with van der Waals surface area (Å²) in [5.41, 5.74) is 1.20. The van der Waals surface area contributed by atoms with E-state index < -0.39 is 17.9 Å². The van der Waals surface area contributed by atoms with Crippen molar-refractivity contribution in [3.8, 4) is 0 Å². The molecule has 4 rings (SSSR count). The molecule has 0 saturated carbocycles. The van der Waals surface area contributed by atoms with Gasteiger partial charge >= 0.3 is 0 Å². The van der Waals surface area contributed by atoms with Gasteiger partial charge in [-0.2, -0.15) is 0 Å². The molecular formula is C24H26N2O6. The van der Waals surface area contributed by atoms with Crippen LogP contribution in [-0.4, -0.2) is 80.3 Å². The Labute approximate surface area is 186 Å². The zero-order valence-corrected chi connectivity index (χ0v) is 17.8. The summed E-state index contributed by atoms with van der Waals surface area (Å²) in [5.74, 6) is -1.27. The second-order valence-corrected chi connectivity index (χ2v) is 7.50. The van der Waals surface area contributed by atoms with Crippen LogP contribution in [0, 0.1) is 0 Å². The van der Waals surface area contributed by atoms with Crippen LogP contribution in [0.1, 0.15) is 32.3 Å². The Hall–Kier alpha value is -3.07. The molecule has 1 unspecified atom stereocenters. The Morgan fingerprint density at radius 1 is 0.688 bits per heavy atom. The van der Waals surface area contributed by atoms with Gasteiger partial charge in [-0.15, -0.1) is 0 Å². The van der Waals surface area contributed by atoms with E-state index in [1.165, 1.54) is 0 Å². The van der Waals surface area contributed by atoms with E-state index >= 15 is 0 Å². The molecule has 1 fully saturated rings. The molecule has 0 spiro atoms. The van der Waals surface area contributed by atoms with E-state index in [4.69, 9.17) is 14.2 Å². The van der Waals surface area contributed by atoms with Gasteiger partial charge in [-0.3, -0.25) is 19.3 Å². The van der Waals surface area contributed by atoms with Crippen LogP contribution in [0.3, 0.4) is 0 Å². The first-order valence-corrected chi connectivity index (χ1v) is 10.7. The van der Waals surface area contributed by atoms with Crippen LogP contribution in [0.4, 0.5) is 0 Å².